The van der Waals surface area contributed by atoms with Gasteiger partial charge in [-0.15, -0.1) is 0 Å². The van der Waals surface area contributed by atoms with Gasteiger partial charge >= 0.3 is 0 Å². The molecule has 0 fully saturated rings. The average Bonchev–Trinajstić information content (AvgIpc) is 3.58. The average molecular weight is 574 g/mol. The Hall–Kier alpha value is -3.75. The lowest BCUT2D eigenvalue weighted by Crippen LogP contribution is -2.37. The predicted molar refractivity (Wildman–Crippen MR) is 157 cm³/mol. The Morgan fingerprint density at radius 1 is 0.976 bits per heavy atom. The fraction of sp³-hybridized carbons (Fsp3) is 0.273. The largest absolute Gasteiger partial charge is 0.301 e. The highest BCUT2D eigenvalue weighted by molar-refractivity contribution is 7.89. The monoisotopic (exact) mass is 573 g/mol. The quantitative estimate of drug-likeness (QED) is 0.308. The number of benzene rings is 3. The maximum atomic E-state index is 14.8. The number of hydrogen-bond acceptors (Lipinski definition) is 4. The first kappa shape index (κ1) is 27.4. The molecule has 0 unspecified atom stereocenters. The lowest BCUT2D eigenvalue weighted by molar-refractivity contribution is 0.349. The first-order chi connectivity index (χ1) is 19.8. The Kier molecular flexibility index (Phi) is 7.53. The van der Waals surface area contributed by atoms with Crippen LogP contribution in [0, 0.1) is 23.5 Å². The van der Waals surface area contributed by atoms with Crippen LogP contribution in [-0.2, 0) is 16.4 Å². The van der Waals surface area contributed by atoms with E-state index in [1.807, 2.05) is 41.5 Å². The molecule has 1 heterocycles. The molecular formula is C33H33F2N3O2S. The van der Waals surface area contributed by atoms with Crippen molar-refractivity contribution in [2.75, 3.05) is 18.1 Å². The van der Waals surface area contributed by atoms with Crippen molar-refractivity contribution in [1.82, 2.24) is 9.73 Å². The molecule has 0 saturated heterocycles. The van der Waals surface area contributed by atoms with Gasteiger partial charge in [0.1, 0.15) is 16.5 Å². The van der Waals surface area contributed by atoms with Gasteiger partial charge < -0.3 is 5.43 Å². The van der Waals surface area contributed by atoms with Crippen LogP contribution in [-0.4, -0.2) is 25.8 Å². The van der Waals surface area contributed by atoms with Crippen molar-refractivity contribution in [2.24, 2.45) is 11.8 Å². The van der Waals surface area contributed by atoms with Gasteiger partial charge in [0, 0.05) is 30.8 Å². The SMILES string of the molecule is C[C@H]1C2=CNN(c3ccc(F)cc3)C2=CC2=C1[C@@H](CN(CCCc1ccccc1)S(=O)(=O)c1ccccc1F)CC2. The number of rotatable bonds is 9. The van der Waals surface area contributed by atoms with Crippen LogP contribution >= 0.6 is 0 Å². The van der Waals surface area contributed by atoms with Gasteiger partial charge in [-0.2, -0.15) is 4.31 Å². The Morgan fingerprint density at radius 2 is 1.71 bits per heavy atom. The highest BCUT2D eigenvalue weighted by Crippen LogP contribution is 2.48. The summed E-state index contributed by atoms with van der Waals surface area (Å²) in [5, 5.41) is 1.96. The summed E-state index contributed by atoms with van der Waals surface area (Å²) in [6.07, 6.45) is 7.21. The lowest BCUT2D eigenvalue weighted by atomic mass is 9.80. The number of aryl methyl sites for hydroxylation is 1. The Morgan fingerprint density at radius 3 is 2.46 bits per heavy atom. The fourth-order valence-electron chi connectivity index (χ4n) is 6.36. The van der Waals surface area contributed by atoms with Gasteiger partial charge in [0.05, 0.1) is 11.4 Å². The van der Waals surface area contributed by atoms with Crippen LogP contribution in [0.15, 0.2) is 118 Å². The number of hydrogen-bond donors (Lipinski definition) is 1. The zero-order valence-corrected chi connectivity index (χ0v) is 23.7. The summed E-state index contributed by atoms with van der Waals surface area (Å²) in [7, 11) is -4.04. The van der Waals surface area contributed by atoms with Crippen molar-refractivity contribution < 1.29 is 17.2 Å². The minimum absolute atomic E-state index is 0.0249. The van der Waals surface area contributed by atoms with E-state index in [2.05, 4.69) is 18.4 Å². The minimum Gasteiger partial charge on any atom is -0.301 e. The Bertz CT molecular complexity index is 1630. The fourth-order valence-corrected chi connectivity index (χ4v) is 7.95. The van der Waals surface area contributed by atoms with E-state index in [4.69, 9.17) is 0 Å². The van der Waals surface area contributed by atoms with Gasteiger partial charge in [0.15, 0.2) is 0 Å². The molecule has 0 bridgehead atoms. The molecule has 6 rings (SSSR count). The summed E-state index contributed by atoms with van der Waals surface area (Å²) in [6, 6.07) is 22.0. The van der Waals surface area contributed by atoms with Crippen LogP contribution < -0.4 is 10.4 Å². The number of fused-ring (bicyclic) bond motifs is 1. The van der Waals surface area contributed by atoms with Crippen LogP contribution in [0.3, 0.4) is 0 Å². The molecule has 8 heteroatoms. The molecule has 2 atom stereocenters. The number of nitrogens with zero attached hydrogens (tertiary/aromatic N) is 2. The molecule has 3 aliphatic rings. The molecule has 1 N–H and O–H groups in total. The van der Waals surface area contributed by atoms with E-state index in [9.17, 15) is 17.2 Å². The van der Waals surface area contributed by atoms with Gasteiger partial charge in [-0.1, -0.05) is 55.0 Å². The highest BCUT2D eigenvalue weighted by Gasteiger charge is 2.40. The third-order valence-electron chi connectivity index (χ3n) is 8.38. The summed E-state index contributed by atoms with van der Waals surface area (Å²) in [4.78, 5) is -0.275. The highest BCUT2D eigenvalue weighted by atomic mass is 32.2. The molecule has 1 aliphatic heterocycles. The molecule has 212 valence electrons. The van der Waals surface area contributed by atoms with Crippen molar-refractivity contribution in [3.05, 3.63) is 131 Å². The first-order valence-corrected chi connectivity index (χ1v) is 15.5. The van der Waals surface area contributed by atoms with Crippen molar-refractivity contribution in [3.63, 3.8) is 0 Å². The predicted octanol–water partition coefficient (Wildman–Crippen LogP) is 6.74. The second-order valence-corrected chi connectivity index (χ2v) is 12.8. The molecule has 0 amide bonds. The van der Waals surface area contributed by atoms with Gasteiger partial charge in [-0.3, -0.25) is 5.01 Å². The van der Waals surface area contributed by atoms with E-state index in [1.54, 1.807) is 18.2 Å². The van der Waals surface area contributed by atoms with E-state index in [0.717, 1.165) is 41.8 Å². The Labute approximate surface area is 240 Å². The Balaban J connectivity index is 1.27. The summed E-state index contributed by atoms with van der Waals surface area (Å²) in [5.74, 6) is -0.905. The zero-order valence-electron chi connectivity index (χ0n) is 22.9. The summed E-state index contributed by atoms with van der Waals surface area (Å²) < 4.78 is 57.5. The van der Waals surface area contributed by atoms with Crippen LogP contribution in [0.5, 0.6) is 0 Å². The second-order valence-electron chi connectivity index (χ2n) is 10.9. The van der Waals surface area contributed by atoms with Crippen molar-refractivity contribution in [3.8, 4) is 0 Å². The van der Waals surface area contributed by atoms with Crippen LogP contribution in [0.4, 0.5) is 14.5 Å². The van der Waals surface area contributed by atoms with Crippen LogP contribution in [0.2, 0.25) is 0 Å². The van der Waals surface area contributed by atoms with E-state index >= 15 is 0 Å². The first-order valence-electron chi connectivity index (χ1n) is 14.1. The summed E-state index contributed by atoms with van der Waals surface area (Å²) >= 11 is 0. The maximum absolute atomic E-state index is 14.8. The zero-order chi connectivity index (χ0) is 28.6. The third-order valence-corrected chi connectivity index (χ3v) is 10.3. The van der Waals surface area contributed by atoms with Gasteiger partial charge in [-0.25, -0.2) is 17.2 Å². The van der Waals surface area contributed by atoms with Crippen molar-refractivity contribution in [1.29, 1.82) is 0 Å². The second kappa shape index (κ2) is 11.3. The topological polar surface area (TPSA) is 52.6 Å². The molecule has 3 aromatic rings. The normalized spacial score (nSPS) is 20.0. The van der Waals surface area contributed by atoms with Gasteiger partial charge in [-0.05, 0) is 85.2 Å². The number of halogens is 2. The number of hydrazine groups is 1. The smallest absolute Gasteiger partial charge is 0.246 e. The van der Waals surface area contributed by atoms with E-state index in [-0.39, 0.29) is 22.5 Å². The molecule has 0 spiro atoms. The van der Waals surface area contributed by atoms with Gasteiger partial charge in [0.2, 0.25) is 10.0 Å². The minimum atomic E-state index is -4.04. The molecule has 3 aromatic carbocycles. The van der Waals surface area contributed by atoms with Crippen molar-refractivity contribution in [2.45, 2.75) is 37.5 Å². The summed E-state index contributed by atoms with van der Waals surface area (Å²) in [6.45, 7) is 2.77. The standard InChI is InChI=1S/C33H33F2N3O2S/c1-23-29-21-36-38(28-17-15-27(34)16-18-28)31(29)20-25-13-14-26(33(23)25)22-37(19-7-10-24-8-3-2-4-9-24)41(39,40)32-12-6-5-11-30(32)35/h2-6,8-9,11-12,15-18,20-21,23,26,36H,7,10,13-14,19,22H2,1H3/t23-,26+/m0/s1. The third kappa shape index (κ3) is 5.34. The molecule has 0 aromatic heterocycles. The van der Waals surface area contributed by atoms with Crippen LogP contribution in [0.25, 0.3) is 0 Å². The molecule has 5 nitrogen and oxygen atoms in total. The van der Waals surface area contributed by atoms with E-state index < -0.39 is 15.8 Å². The lowest BCUT2D eigenvalue weighted by Gasteiger charge is -2.32. The number of sulfonamides is 1. The summed E-state index contributed by atoms with van der Waals surface area (Å²) in [5.41, 5.74) is 9.92. The molecule has 0 radical (unpaired) electrons. The maximum Gasteiger partial charge on any atom is 0.246 e. The van der Waals surface area contributed by atoms with E-state index in [0.29, 0.717) is 19.5 Å². The van der Waals surface area contributed by atoms with E-state index in [1.165, 1.54) is 45.8 Å². The van der Waals surface area contributed by atoms with Crippen LogP contribution in [0.1, 0.15) is 31.7 Å². The molecule has 0 saturated carbocycles. The number of anilines is 1. The molecule has 2 aliphatic carbocycles. The number of nitrogens with one attached hydrogen (secondary N) is 1. The van der Waals surface area contributed by atoms with Crippen molar-refractivity contribution >= 4 is 15.7 Å². The number of allylic oxidation sites excluding steroid dienone is 3. The molecule has 41 heavy (non-hydrogen) atoms. The molecular weight excluding hydrogens is 540 g/mol. The van der Waals surface area contributed by atoms with Gasteiger partial charge in [0.25, 0.3) is 0 Å².